The summed E-state index contributed by atoms with van der Waals surface area (Å²) in [5, 5.41) is 12.0. The van der Waals surface area contributed by atoms with Gasteiger partial charge >= 0.3 is 12.1 Å². The molecule has 0 spiro atoms. The van der Waals surface area contributed by atoms with Crippen LogP contribution in [-0.2, 0) is 28.1 Å². The van der Waals surface area contributed by atoms with Crippen molar-refractivity contribution in [3.8, 4) is 11.1 Å². The van der Waals surface area contributed by atoms with Crippen LogP contribution < -0.4 is 10.9 Å². The number of pyridine rings is 1. The predicted molar refractivity (Wildman–Crippen MR) is 180 cm³/mol. The van der Waals surface area contributed by atoms with Crippen molar-refractivity contribution in [1.82, 2.24) is 14.8 Å². The third kappa shape index (κ3) is 9.99. The Kier molecular flexibility index (Phi) is 12.9. The molecule has 7 nitrogen and oxygen atoms in total. The monoisotopic (exact) mass is 727 g/mol. The molecule has 0 saturated carbocycles. The normalized spacial score (nSPS) is 13.5. The highest BCUT2D eigenvalue weighted by molar-refractivity contribution is 5.82. The molecule has 0 fully saturated rings. The van der Waals surface area contributed by atoms with Crippen LogP contribution in [0.15, 0.2) is 35.3 Å². The van der Waals surface area contributed by atoms with Crippen molar-refractivity contribution in [3.05, 3.63) is 91.4 Å². The van der Waals surface area contributed by atoms with Gasteiger partial charge in [-0.1, -0.05) is 31.5 Å². The topological polar surface area (TPSA) is 91.6 Å². The van der Waals surface area contributed by atoms with Crippen LogP contribution in [0.1, 0.15) is 91.1 Å². The van der Waals surface area contributed by atoms with E-state index in [-0.39, 0.29) is 36.3 Å². The van der Waals surface area contributed by atoms with Gasteiger partial charge in [0.1, 0.15) is 17.7 Å². The molecular formula is C37H44F7N3O4. The second-order valence-electron chi connectivity index (χ2n) is 13.8. The quantitative estimate of drug-likeness (QED) is 0.163. The molecule has 1 heterocycles. The van der Waals surface area contributed by atoms with Crippen LogP contribution in [0.25, 0.3) is 11.1 Å². The van der Waals surface area contributed by atoms with Gasteiger partial charge in [-0.15, -0.1) is 0 Å². The summed E-state index contributed by atoms with van der Waals surface area (Å²) in [6.07, 6.45) is -5.11. The fourth-order valence-electron chi connectivity index (χ4n) is 6.42. The van der Waals surface area contributed by atoms with Gasteiger partial charge in [0.25, 0.3) is 11.5 Å². The smallest absolute Gasteiger partial charge is 0.416 e. The van der Waals surface area contributed by atoms with Crippen LogP contribution in [0.4, 0.5) is 30.7 Å². The first-order valence-electron chi connectivity index (χ1n) is 16.4. The SMILES string of the molecule is Cc1cc(C)c(-c2cc(C(C)(F)F)c(F)c([C@H](CC(=O)O)NC(=O)[C@H](CC(C)C)n3cc(CCCN(C)C)c(C(F)(F)F)cc3=O)c2F)c(C)c1. The van der Waals surface area contributed by atoms with Gasteiger partial charge < -0.3 is 19.9 Å². The van der Waals surface area contributed by atoms with E-state index in [0.29, 0.717) is 36.7 Å². The van der Waals surface area contributed by atoms with E-state index in [0.717, 1.165) is 16.3 Å². The molecular weight excluding hydrogens is 683 g/mol. The Balaban J connectivity index is 2.27. The van der Waals surface area contributed by atoms with E-state index >= 15 is 8.78 Å². The Hall–Kier alpha value is -4.20. The second-order valence-corrected chi connectivity index (χ2v) is 13.8. The van der Waals surface area contributed by atoms with Crippen molar-refractivity contribution >= 4 is 11.9 Å². The summed E-state index contributed by atoms with van der Waals surface area (Å²) in [5.74, 6) is -10.2. The third-order valence-electron chi connectivity index (χ3n) is 8.55. The van der Waals surface area contributed by atoms with Crippen LogP contribution in [0.5, 0.6) is 0 Å². The number of nitrogens with zero attached hydrogens (tertiary/aromatic N) is 2. The molecule has 0 radical (unpaired) electrons. The van der Waals surface area contributed by atoms with E-state index in [9.17, 15) is 41.4 Å². The number of aryl methyl sites for hydroxylation is 4. The second kappa shape index (κ2) is 16.0. The number of aromatic nitrogens is 1. The highest BCUT2D eigenvalue weighted by Gasteiger charge is 2.39. The zero-order valence-electron chi connectivity index (χ0n) is 29.9. The van der Waals surface area contributed by atoms with E-state index in [2.05, 4.69) is 5.32 Å². The Labute approximate surface area is 292 Å². The minimum atomic E-state index is -4.89. The first-order valence-corrected chi connectivity index (χ1v) is 16.4. The summed E-state index contributed by atoms with van der Waals surface area (Å²) in [6, 6.07) is 0.745. The standard InChI is InChI=1S/C37H44F7N3O4/c1-19(2)12-28(47-18-23(10-9-11-46(7)8)25(16-29(47)48)37(42,43)44)35(51)45-27(17-30(49)50)32-33(38)24(15-26(34(32)39)36(6,40)41)31-21(4)13-20(3)14-22(31)5/h13-16,18-19,27-28H,9-12,17H2,1-8H3,(H,45,51)(H,49,50)/t27-,28-/m0/s1. The molecule has 280 valence electrons. The number of nitrogens with one attached hydrogen (secondary N) is 1. The van der Waals surface area contributed by atoms with Crippen molar-refractivity contribution in [1.29, 1.82) is 0 Å². The van der Waals surface area contributed by atoms with Crippen molar-refractivity contribution in [2.45, 2.75) is 91.4 Å². The number of amides is 1. The van der Waals surface area contributed by atoms with Crippen LogP contribution in [0.2, 0.25) is 0 Å². The average Bonchev–Trinajstić information content (AvgIpc) is 2.95. The summed E-state index contributed by atoms with van der Waals surface area (Å²) >= 11 is 0. The van der Waals surface area contributed by atoms with Gasteiger partial charge in [0, 0.05) is 30.3 Å². The third-order valence-corrected chi connectivity index (χ3v) is 8.55. The van der Waals surface area contributed by atoms with Gasteiger partial charge in [-0.2, -0.15) is 13.2 Å². The lowest BCUT2D eigenvalue weighted by Crippen LogP contribution is -2.41. The van der Waals surface area contributed by atoms with Crippen LogP contribution in [-0.4, -0.2) is 47.1 Å². The molecule has 2 aromatic carbocycles. The lowest BCUT2D eigenvalue weighted by Gasteiger charge is -2.28. The van der Waals surface area contributed by atoms with E-state index in [1.807, 2.05) is 0 Å². The van der Waals surface area contributed by atoms with Gasteiger partial charge in [-0.25, -0.2) is 17.6 Å². The van der Waals surface area contributed by atoms with E-state index in [4.69, 9.17) is 0 Å². The van der Waals surface area contributed by atoms with Crippen LogP contribution >= 0.6 is 0 Å². The first-order chi connectivity index (χ1) is 23.4. The zero-order valence-corrected chi connectivity index (χ0v) is 29.9. The fourth-order valence-corrected chi connectivity index (χ4v) is 6.42. The summed E-state index contributed by atoms with van der Waals surface area (Å²) in [7, 11) is 3.47. The minimum Gasteiger partial charge on any atom is -0.481 e. The number of alkyl halides is 5. The lowest BCUT2D eigenvalue weighted by molar-refractivity contribution is -0.139. The van der Waals surface area contributed by atoms with Crippen LogP contribution in [0.3, 0.4) is 0 Å². The number of hydrogen-bond donors (Lipinski definition) is 2. The number of carbonyl (C=O) groups excluding carboxylic acids is 1. The maximum absolute atomic E-state index is 16.6. The predicted octanol–water partition coefficient (Wildman–Crippen LogP) is 8.26. The Bertz CT molecular complexity index is 1810. The maximum Gasteiger partial charge on any atom is 0.416 e. The fraction of sp³-hybridized carbons (Fsp3) is 0.486. The summed E-state index contributed by atoms with van der Waals surface area (Å²) < 4.78 is 105. The number of halogens is 7. The van der Waals surface area contributed by atoms with E-state index in [1.165, 1.54) is 0 Å². The highest BCUT2D eigenvalue weighted by Crippen LogP contribution is 2.42. The summed E-state index contributed by atoms with van der Waals surface area (Å²) in [4.78, 5) is 41.0. The molecule has 14 heteroatoms. The first kappa shape index (κ1) is 41.2. The average molecular weight is 728 g/mol. The molecule has 0 aliphatic carbocycles. The molecule has 0 bridgehead atoms. The molecule has 0 aliphatic rings. The molecule has 0 saturated heterocycles. The number of carbonyl (C=O) groups is 2. The Morgan fingerprint density at radius 1 is 0.941 bits per heavy atom. The van der Waals surface area contributed by atoms with Gasteiger partial charge in [0.2, 0.25) is 5.91 Å². The van der Waals surface area contributed by atoms with Crippen molar-refractivity contribution in [3.63, 3.8) is 0 Å². The largest absolute Gasteiger partial charge is 0.481 e. The number of benzene rings is 2. The molecule has 3 rings (SSSR count). The summed E-state index contributed by atoms with van der Waals surface area (Å²) in [5.41, 5.74) is -3.56. The van der Waals surface area contributed by atoms with Crippen LogP contribution in [0, 0.1) is 38.3 Å². The zero-order chi connectivity index (χ0) is 38.7. The number of hydrogen-bond acceptors (Lipinski definition) is 4. The molecule has 0 aliphatic heterocycles. The number of carboxylic acids is 1. The summed E-state index contributed by atoms with van der Waals surface area (Å²) in [6.45, 7) is 9.10. The molecule has 2 atom stereocenters. The molecule has 1 amide bonds. The lowest BCUT2D eigenvalue weighted by atomic mass is 9.87. The maximum atomic E-state index is 16.6. The Morgan fingerprint density at radius 2 is 1.53 bits per heavy atom. The van der Waals surface area contributed by atoms with E-state index in [1.54, 1.807) is 65.7 Å². The van der Waals surface area contributed by atoms with Gasteiger partial charge in [-0.3, -0.25) is 14.4 Å². The van der Waals surface area contributed by atoms with Crippen molar-refractivity contribution in [2.24, 2.45) is 5.92 Å². The molecule has 0 unspecified atom stereocenters. The highest BCUT2D eigenvalue weighted by atomic mass is 19.4. The Morgan fingerprint density at radius 3 is 2.02 bits per heavy atom. The molecule has 3 aromatic rings. The number of aliphatic carboxylic acids is 1. The van der Waals surface area contributed by atoms with Crippen molar-refractivity contribution < 1.29 is 45.4 Å². The number of carboxylic acid groups (broad SMARTS) is 1. The van der Waals surface area contributed by atoms with Gasteiger partial charge in [0.05, 0.1) is 23.6 Å². The minimum absolute atomic E-state index is 0.111. The molecule has 1 aromatic heterocycles. The van der Waals surface area contributed by atoms with Gasteiger partial charge in [-0.05, 0) is 94.9 Å². The number of rotatable bonds is 14. The molecule has 2 N–H and O–H groups in total. The van der Waals surface area contributed by atoms with E-state index < -0.39 is 81.9 Å². The molecule has 51 heavy (non-hydrogen) atoms. The van der Waals surface area contributed by atoms with Crippen molar-refractivity contribution in [2.75, 3.05) is 20.6 Å². The van der Waals surface area contributed by atoms with Gasteiger partial charge in [0.15, 0.2) is 0 Å².